The molecule has 0 saturated heterocycles. The van der Waals surface area contributed by atoms with Gasteiger partial charge in [-0.2, -0.15) is 0 Å². The van der Waals surface area contributed by atoms with Gasteiger partial charge in [-0.3, -0.25) is 4.79 Å². The molecule has 1 aliphatic heterocycles. The van der Waals surface area contributed by atoms with Gasteiger partial charge in [0.15, 0.2) is 0 Å². The number of nitrogens with one attached hydrogen (secondary N) is 1. The van der Waals surface area contributed by atoms with E-state index in [1.165, 1.54) is 12.1 Å². The van der Waals surface area contributed by atoms with Crippen molar-refractivity contribution in [1.29, 1.82) is 0 Å². The van der Waals surface area contributed by atoms with E-state index in [9.17, 15) is 13.2 Å². The van der Waals surface area contributed by atoms with E-state index in [0.29, 0.717) is 0 Å². The number of fused-ring (bicyclic) bond motifs is 1. The molecule has 1 N–H and O–H groups in total. The molecule has 1 aliphatic rings. The van der Waals surface area contributed by atoms with Crippen molar-refractivity contribution in [2.45, 2.75) is 4.90 Å². The zero-order chi connectivity index (χ0) is 8.77. The van der Waals surface area contributed by atoms with Crippen molar-refractivity contribution in [3.63, 3.8) is 0 Å². The van der Waals surface area contributed by atoms with Crippen LogP contribution in [0.25, 0.3) is 0 Å². The predicted octanol–water partition coefficient (Wildman–Crippen LogP) is 0.116. The number of hydrogen-bond donors (Lipinski definition) is 1. The summed E-state index contributed by atoms with van der Waals surface area (Å²) in [6.07, 6.45) is 0. The third-order valence-electron chi connectivity index (χ3n) is 1.65. The van der Waals surface area contributed by atoms with Crippen LogP contribution in [0.2, 0.25) is 0 Å². The van der Waals surface area contributed by atoms with Crippen molar-refractivity contribution in [2.75, 3.05) is 0 Å². The minimum absolute atomic E-state index is 0. The normalized spacial score (nSPS) is 17.1. The second-order valence-electron chi connectivity index (χ2n) is 2.43. The molecular weight excluding hydrogens is 226 g/mol. The first-order valence-electron chi connectivity index (χ1n) is 3.27. The van der Waals surface area contributed by atoms with Gasteiger partial charge in [0.05, 0.1) is 5.56 Å². The summed E-state index contributed by atoms with van der Waals surface area (Å²) in [5, 5.41) is 0. The van der Waals surface area contributed by atoms with E-state index in [1.807, 2.05) is 4.72 Å². The zero-order valence-corrected chi connectivity index (χ0v) is 8.82. The Balaban J connectivity index is 0.000000845. The van der Waals surface area contributed by atoms with Crippen LogP contribution in [0.1, 0.15) is 10.4 Å². The maximum atomic E-state index is 11.1. The van der Waals surface area contributed by atoms with Gasteiger partial charge >= 0.3 is 0 Å². The molecule has 0 radical (unpaired) electrons. The Labute approximate surface area is 90.3 Å². The van der Waals surface area contributed by atoms with Gasteiger partial charge in [0.2, 0.25) is 0 Å². The van der Waals surface area contributed by atoms with Crippen molar-refractivity contribution >= 4 is 15.9 Å². The molecule has 13 heavy (non-hydrogen) atoms. The van der Waals surface area contributed by atoms with Crippen LogP contribution in [0.15, 0.2) is 29.2 Å². The number of sulfonamides is 1. The van der Waals surface area contributed by atoms with Crippen molar-refractivity contribution in [3.8, 4) is 0 Å². The second kappa shape index (κ2) is 3.25. The van der Waals surface area contributed by atoms with E-state index in [1.54, 1.807) is 12.1 Å². The fourth-order valence-electron chi connectivity index (χ4n) is 1.12. The minimum Gasteiger partial charge on any atom is -0.268 e. The average Bonchev–Trinajstić information content (AvgIpc) is 2.25. The van der Waals surface area contributed by atoms with E-state index in [2.05, 4.69) is 0 Å². The van der Waals surface area contributed by atoms with Crippen LogP contribution in [-0.4, -0.2) is 14.3 Å². The third-order valence-corrected chi connectivity index (χ3v) is 3.04. The zero-order valence-electron chi connectivity index (χ0n) is 6.44. The summed E-state index contributed by atoms with van der Waals surface area (Å²) >= 11 is 0. The van der Waals surface area contributed by atoms with Crippen LogP contribution in [0.3, 0.4) is 0 Å². The Morgan fingerprint density at radius 1 is 1.15 bits per heavy atom. The summed E-state index contributed by atoms with van der Waals surface area (Å²) in [5.74, 6) is -0.550. The van der Waals surface area contributed by atoms with Crippen LogP contribution in [0, 0.1) is 0 Å². The van der Waals surface area contributed by atoms with Crippen molar-refractivity contribution < 1.29 is 34.9 Å². The summed E-state index contributed by atoms with van der Waals surface area (Å²) in [6.45, 7) is 0. The fourth-order valence-corrected chi connectivity index (χ4v) is 2.29. The first-order chi connectivity index (χ1) is 5.61. The van der Waals surface area contributed by atoms with E-state index in [0.717, 1.165) is 0 Å². The van der Waals surface area contributed by atoms with Crippen LogP contribution >= 0.6 is 0 Å². The third kappa shape index (κ3) is 1.55. The van der Waals surface area contributed by atoms with Crippen molar-refractivity contribution in [3.05, 3.63) is 29.8 Å². The summed E-state index contributed by atoms with van der Waals surface area (Å²) in [7, 11) is -3.55. The van der Waals surface area contributed by atoms with Gasteiger partial charge in [-0.05, 0) is 12.1 Å². The Bertz CT molecular complexity index is 455. The Hall–Kier alpha value is -0.646. The fraction of sp³-hybridized carbons (Fsp3) is 0. The molecular formula is C7H5NO3STi. The molecule has 1 aromatic carbocycles. The number of benzene rings is 1. The molecule has 1 amide bonds. The van der Waals surface area contributed by atoms with Crippen molar-refractivity contribution in [1.82, 2.24) is 4.72 Å². The molecule has 0 bridgehead atoms. The molecule has 0 atom stereocenters. The predicted molar refractivity (Wildman–Crippen MR) is 41.1 cm³/mol. The van der Waals surface area contributed by atoms with Gasteiger partial charge in [0.1, 0.15) is 4.90 Å². The molecule has 0 fully saturated rings. The van der Waals surface area contributed by atoms with Crippen LogP contribution < -0.4 is 4.72 Å². The molecule has 0 unspecified atom stereocenters. The number of carbonyl (C=O) groups is 1. The number of hydrogen-bond acceptors (Lipinski definition) is 3. The summed E-state index contributed by atoms with van der Waals surface area (Å²) in [4.78, 5) is 11.1. The van der Waals surface area contributed by atoms with E-state index in [4.69, 9.17) is 0 Å². The first kappa shape index (κ1) is 10.4. The minimum atomic E-state index is -3.55. The smallest absolute Gasteiger partial charge is 0.266 e. The Morgan fingerprint density at radius 2 is 1.77 bits per heavy atom. The van der Waals surface area contributed by atoms with Crippen molar-refractivity contribution in [2.24, 2.45) is 0 Å². The van der Waals surface area contributed by atoms with Gasteiger partial charge in [-0.25, -0.2) is 13.1 Å². The number of amides is 1. The SMILES string of the molecule is O=C1NS(=O)(=O)c2ccccc21.[Ti]. The van der Waals surface area contributed by atoms with Gasteiger partial charge < -0.3 is 0 Å². The van der Waals surface area contributed by atoms with E-state index in [-0.39, 0.29) is 32.2 Å². The molecule has 2 rings (SSSR count). The van der Waals surface area contributed by atoms with Crippen LogP contribution in [0.5, 0.6) is 0 Å². The van der Waals surface area contributed by atoms with Gasteiger partial charge in [0, 0.05) is 21.7 Å². The molecule has 0 saturated carbocycles. The maximum absolute atomic E-state index is 11.1. The van der Waals surface area contributed by atoms with Crippen LogP contribution in [0.4, 0.5) is 0 Å². The number of carbonyl (C=O) groups excluding carboxylic acids is 1. The first-order valence-corrected chi connectivity index (χ1v) is 4.76. The molecule has 0 aliphatic carbocycles. The maximum Gasteiger partial charge on any atom is 0.266 e. The number of rotatable bonds is 0. The summed E-state index contributed by atoms with van der Waals surface area (Å²) < 4.78 is 24.2. The van der Waals surface area contributed by atoms with Gasteiger partial charge in [-0.1, -0.05) is 12.1 Å². The average molecular weight is 231 g/mol. The molecule has 1 heterocycles. The molecule has 0 aromatic heterocycles. The monoisotopic (exact) mass is 231 g/mol. The van der Waals surface area contributed by atoms with Gasteiger partial charge in [0.25, 0.3) is 15.9 Å². The molecule has 0 spiro atoms. The topological polar surface area (TPSA) is 63.2 Å². The van der Waals surface area contributed by atoms with E-state index >= 15 is 0 Å². The molecule has 1 aromatic rings. The van der Waals surface area contributed by atoms with Gasteiger partial charge in [-0.15, -0.1) is 0 Å². The standard InChI is InChI=1S/C7H5NO3S.Ti/c9-7-5-3-1-2-4-6(5)12(10,11)8-7;/h1-4H,(H,8,9);. The Kier molecular flexibility index (Phi) is 2.61. The second-order valence-corrected chi connectivity index (χ2v) is 4.08. The quantitative estimate of drug-likeness (QED) is 0.645. The molecule has 6 heteroatoms. The molecule has 4 nitrogen and oxygen atoms in total. The Morgan fingerprint density at radius 3 is 2.38 bits per heavy atom. The summed E-state index contributed by atoms with van der Waals surface area (Å²) in [5.41, 5.74) is 0.220. The summed E-state index contributed by atoms with van der Waals surface area (Å²) in [6, 6.07) is 6.09. The van der Waals surface area contributed by atoms with Crippen LogP contribution in [-0.2, 0) is 31.7 Å². The van der Waals surface area contributed by atoms with E-state index < -0.39 is 15.9 Å². The molecule has 66 valence electrons. The largest absolute Gasteiger partial charge is 0.268 e.